The van der Waals surface area contributed by atoms with E-state index in [1.807, 2.05) is 0 Å². The van der Waals surface area contributed by atoms with Crippen molar-refractivity contribution in [3.8, 4) is 0 Å². The summed E-state index contributed by atoms with van der Waals surface area (Å²) in [5.41, 5.74) is 0. The van der Waals surface area contributed by atoms with Gasteiger partial charge in [-0.25, -0.2) is 0 Å². The highest BCUT2D eigenvalue weighted by molar-refractivity contribution is 4.59. The summed E-state index contributed by atoms with van der Waals surface area (Å²) in [6, 6.07) is 0. The molecule has 0 fully saturated rings. The summed E-state index contributed by atoms with van der Waals surface area (Å²) in [6.07, 6.45) is 0. The first-order chi connectivity index (χ1) is 8.92. The van der Waals surface area contributed by atoms with Crippen molar-refractivity contribution in [2.24, 2.45) is 0 Å². The molecule has 118 valence electrons. The van der Waals surface area contributed by atoms with Crippen molar-refractivity contribution in [3.63, 3.8) is 0 Å². The minimum Gasteiger partial charge on any atom is -0.304 e. The second kappa shape index (κ2) is 6.07. The summed E-state index contributed by atoms with van der Waals surface area (Å²) < 4.78 is 88.2. The molecular weight excluding hydrogens is 319 g/mol. The van der Waals surface area contributed by atoms with Gasteiger partial charge in [0.25, 0.3) is 0 Å². The van der Waals surface area contributed by atoms with E-state index in [9.17, 15) is 51.5 Å². The molecule has 0 radical (unpaired) electrons. The lowest BCUT2D eigenvalue weighted by Gasteiger charge is -2.30. The van der Waals surface area contributed by atoms with Crippen molar-refractivity contribution in [1.82, 2.24) is 16.0 Å². The highest BCUT2D eigenvalue weighted by Crippen LogP contribution is 2.32. The highest BCUT2D eigenvalue weighted by atomic mass is 19.4. The number of ether oxygens (including phenoxy) is 1. The van der Waals surface area contributed by atoms with Crippen LogP contribution in [0.5, 0.6) is 0 Å². The molecule has 0 aromatic rings. The molecule has 0 rings (SSSR count). The van der Waals surface area contributed by atoms with Gasteiger partial charge in [0.15, 0.2) is 0 Å². The van der Waals surface area contributed by atoms with E-state index in [1.165, 1.54) is 0 Å². The Hall–Kier alpha value is -1.85. The van der Waals surface area contributed by atoms with E-state index in [-0.39, 0.29) is 0 Å². The van der Waals surface area contributed by atoms with Gasteiger partial charge in [-0.3, -0.25) is 20.2 Å². The topological polar surface area (TPSA) is 105 Å². The van der Waals surface area contributed by atoms with Crippen molar-refractivity contribution in [2.75, 3.05) is 6.61 Å². The van der Waals surface area contributed by atoms with Crippen LogP contribution in [0.4, 0.5) is 31.3 Å². The monoisotopic (exact) mass is 321 g/mol. The smallest absolute Gasteiger partial charge is 0.304 e. The summed E-state index contributed by atoms with van der Waals surface area (Å²) in [5.74, 6) is -10.3. The Kier molecular flexibility index (Phi) is 5.51. The normalized spacial score (nSPS) is 13.3. The summed E-state index contributed by atoms with van der Waals surface area (Å²) in [6.45, 7) is -2.77. The number of halogens is 7. The van der Waals surface area contributed by atoms with E-state index >= 15 is 0 Å². The van der Waals surface area contributed by atoms with Crippen molar-refractivity contribution >= 4 is 0 Å². The fourth-order valence-corrected chi connectivity index (χ4v) is 0.679. The maximum absolute atomic E-state index is 13.0. The van der Waals surface area contributed by atoms with Crippen LogP contribution in [0.25, 0.3) is 0 Å². The van der Waals surface area contributed by atoms with Gasteiger partial charge < -0.3 is 4.74 Å². The van der Waals surface area contributed by atoms with Crippen LogP contribution in [0, 0.1) is 20.2 Å². The van der Waals surface area contributed by atoms with E-state index in [0.717, 1.165) is 0 Å². The van der Waals surface area contributed by atoms with Crippen LogP contribution in [0.2, 0.25) is 0 Å². The molecule has 0 aliphatic heterocycles. The molecule has 0 spiro atoms. The van der Waals surface area contributed by atoms with Crippen LogP contribution in [0.15, 0.2) is 0 Å². The molecule has 17 heteroatoms. The molecule has 0 N–H and O–H groups in total. The van der Waals surface area contributed by atoms with Crippen LogP contribution < -0.4 is 0 Å². The standard InChI is InChI=1S/C3H2F7N5O5/c4-2(14(16)17,15(18)19)1-20-3(11(5)6,12(7)8)13(9)10/h1H2. The summed E-state index contributed by atoms with van der Waals surface area (Å²) in [4.78, 5) is 15.3. The first kappa shape index (κ1) is 18.1. The van der Waals surface area contributed by atoms with Gasteiger partial charge >= 0.3 is 11.9 Å². The van der Waals surface area contributed by atoms with Crippen molar-refractivity contribution < 1.29 is 45.9 Å². The zero-order valence-corrected chi connectivity index (χ0v) is 8.63. The zero-order valence-electron chi connectivity index (χ0n) is 8.63. The van der Waals surface area contributed by atoms with Gasteiger partial charge in [-0.2, -0.15) is 0 Å². The van der Waals surface area contributed by atoms with Crippen LogP contribution in [-0.4, -0.2) is 44.4 Å². The van der Waals surface area contributed by atoms with Gasteiger partial charge in [0.2, 0.25) is 6.61 Å². The molecule has 20 heavy (non-hydrogen) atoms. The third kappa shape index (κ3) is 3.00. The molecule has 0 heterocycles. The first-order valence-corrected chi connectivity index (χ1v) is 3.90. The maximum atomic E-state index is 13.0. The van der Waals surface area contributed by atoms with E-state index in [2.05, 4.69) is 4.74 Å². The second-order valence-electron chi connectivity index (χ2n) is 2.79. The second-order valence-corrected chi connectivity index (χ2v) is 2.79. The van der Waals surface area contributed by atoms with Gasteiger partial charge in [0, 0.05) is 0 Å². The number of alkyl halides is 1. The van der Waals surface area contributed by atoms with Crippen LogP contribution in [-0.2, 0) is 4.74 Å². The Bertz CT molecular complexity index is 344. The predicted octanol–water partition coefficient (Wildman–Crippen LogP) is 1.00. The van der Waals surface area contributed by atoms with Crippen LogP contribution in [0.3, 0.4) is 0 Å². The average molecular weight is 321 g/mol. The largest absolute Gasteiger partial charge is 0.637 e. The van der Waals surface area contributed by atoms with Crippen LogP contribution >= 0.6 is 0 Å². The van der Waals surface area contributed by atoms with Gasteiger partial charge in [0.1, 0.15) is 9.85 Å². The first-order valence-electron chi connectivity index (χ1n) is 3.90. The highest BCUT2D eigenvalue weighted by Gasteiger charge is 2.65. The number of hydrogen-bond acceptors (Lipinski definition) is 8. The Balaban J connectivity index is 5.41. The minimum atomic E-state index is -5.37. The molecule has 0 aliphatic rings. The predicted molar refractivity (Wildman–Crippen MR) is 38.7 cm³/mol. The molecule has 0 aromatic heterocycles. The summed E-state index contributed by atoms with van der Waals surface area (Å²) >= 11 is 0. The lowest BCUT2D eigenvalue weighted by Crippen LogP contribution is -2.61. The minimum absolute atomic E-state index is 2.35. The molecule has 0 saturated carbocycles. The average Bonchev–Trinajstić information content (AvgIpc) is 2.27. The summed E-state index contributed by atoms with van der Waals surface area (Å²) in [5, 5.41) is 11.0. The molecule has 0 saturated heterocycles. The Labute approximate surface area is 102 Å². The van der Waals surface area contributed by atoms with E-state index < -0.39 is 44.4 Å². The number of rotatable bonds is 8. The maximum Gasteiger partial charge on any atom is 0.637 e. The molecule has 0 bridgehead atoms. The van der Waals surface area contributed by atoms with Crippen LogP contribution in [0.1, 0.15) is 0 Å². The van der Waals surface area contributed by atoms with Gasteiger partial charge in [-0.15, -0.1) is 0 Å². The van der Waals surface area contributed by atoms with Crippen molar-refractivity contribution in [1.29, 1.82) is 0 Å². The number of nitrogens with zero attached hydrogens (tertiary/aromatic N) is 5. The van der Waals surface area contributed by atoms with Gasteiger partial charge in [0.05, 0.1) is 16.0 Å². The molecule has 10 nitrogen and oxygen atoms in total. The SMILES string of the molecule is O=[N+]([O-])C(F)(COC(N(F)F)(N(F)F)N(F)F)[N+](=O)[O-]. The van der Waals surface area contributed by atoms with Crippen molar-refractivity contribution in [2.45, 2.75) is 11.9 Å². The van der Waals surface area contributed by atoms with E-state index in [1.54, 1.807) is 0 Å². The fourth-order valence-electron chi connectivity index (χ4n) is 0.679. The molecule has 0 aliphatic carbocycles. The third-order valence-corrected chi connectivity index (χ3v) is 1.67. The Morgan fingerprint density at radius 3 is 1.40 bits per heavy atom. The van der Waals surface area contributed by atoms with E-state index in [0.29, 0.717) is 0 Å². The quantitative estimate of drug-likeness (QED) is 0.163. The third-order valence-electron chi connectivity index (χ3n) is 1.67. The Morgan fingerprint density at radius 1 is 0.900 bits per heavy atom. The molecule has 0 aromatic carbocycles. The van der Waals surface area contributed by atoms with Gasteiger partial charge in [-0.1, -0.05) is 31.3 Å². The lowest BCUT2D eigenvalue weighted by atomic mass is 10.5. The Morgan fingerprint density at radius 2 is 1.20 bits per heavy atom. The fraction of sp³-hybridized carbons (Fsp3) is 1.00. The van der Waals surface area contributed by atoms with Gasteiger partial charge in [-0.05, 0) is 0 Å². The molecule has 0 unspecified atom stereocenters. The molecule has 0 atom stereocenters. The molecular formula is C3H2F7N5O5. The number of hydrogen-bond donors (Lipinski definition) is 0. The summed E-state index contributed by atoms with van der Waals surface area (Å²) in [7, 11) is 0. The van der Waals surface area contributed by atoms with Crippen molar-refractivity contribution in [3.05, 3.63) is 20.2 Å². The zero-order chi connectivity index (χ0) is 16.3. The molecule has 0 amide bonds. The lowest BCUT2D eigenvalue weighted by molar-refractivity contribution is -0.835. The number of nitro groups is 2. The van der Waals surface area contributed by atoms with E-state index in [4.69, 9.17) is 0 Å².